The molecule has 2 aliphatic rings. The van der Waals surface area contributed by atoms with E-state index in [9.17, 15) is 13.2 Å². The van der Waals surface area contributed by atoms with E-state index >= 15 is 0 Å². The van der Waals surface area contributed by atoms with Gasteiger partial charge in [-0.25, -0.2) is 13.8 Å². The van der Waals surface area contributed by atoms with Crippen LogP contribution in [0.15, 0.2) is 34.3 Å². The molecule has 1 saturated heterocycles. The topological polar surface area (TPSA) is 78.8 Å². The van der Waals surface area contributed by atoms with Crippen LogP contribution in [0.3, 0.4) is 0 Å². The molecule has 124 valence electrons. The highest BCUT2D eigenvalue weighted by Gasteiger charge is 2.29. The molecule has 0 spiro atoms. The van der Waals surface area contributed by atoms with Gasteiger partial charge in [0.05, 0.1) is 10.6 Å². The standard InChI is InChI=1S/C16H21N3O3S/c1-12(17-18-16(20)14-4-5-14)13-6-8-15(9-7-13)23(21,22)19-10-2-3-11-19/h6-9,14H,2-5,10-11H2,1H3,(H,18,20)/b17-12+. The van der Waals surface area contributed by atoms with Crippen LogP contribution in [0.2, 0.25) is 0 Å². The van der Waals surface area contributed by atoms with Gasteiger partial charge in [0.1, 0.15) is 0 Å². The van der Waals surface area contributed by atoms with Crippen molar-refractivity contribution in [2.45, 2.75) is 37.5 Å². The van der Waals surface area contributed by atoms with Crippen LogP contribution >= 0.6 is 0 Å². The fraction of sp³-hybridized carbons (Fsp3) is 0.500. The van der Waals surface area contributed by atoms with Gasteiger partial charge in [-0.3, -0.25) is 4.79 Å². The van der Waals surface area contributed by atoms with E-state index in [0.29, 0.717) is 23.7 Å². The third-order valence-corrected chi connectivity index (χ3v) is 6.17. The number of carbonyl (C=O) groups excluding carboxylic acids is 1. The van der Waals surface area contributed by atoms with E-state index in [1.807, 2.05) is 0 Å². The van der Waals surface area contributed by atoms with Gasteiger partial charge in [-0.1, -0.05) is 12.1 Å². The fourth-order valence-electron chi connectivity index (χ4n) is 2.59. The summed E-state index contributed by atoms with van der Waals surface area (Å²) in [5, 5.41) is 4.08. The monoisotopic (exact) mass is 335 g/mol. The molecule has 1 saturated carbocycles. The minimum absolute atomic E-state index is 0.0439. The van der Waals surface area contributed by atoms with Crippen molar-refractivity contribution in [2.24, 2.45) is 11.0 Å². The quantitative estimate of drug-likeness (QED) is 0.657. The Morgan fingerprint density at radius 1 is 1.17 bits per heavy atom. The molecular weight excluding hydrogens is 314 g/mol. The first kappa shape index (κ1) is 16.1. The van der Waals surface area contributed by atoms with E-state index in [2.05, 4.69) is 10.5 Å². The molecule has 6 nitrogen and oxygen atoms in total. The zero-order valence-electron chi connectivity index (χ0n) is 13.2. The van der Waals surface area contributed by atoms with Gasteiger partial charge in [-0.15, -0.1) is 0 Å². The average Bonchev–Trinajstić information content (AvgIpc) is 3.26. The van der Waals surface area contributed by atoms with Gasteiger partial charge in [0.2, 0.25) is 15.9 Å². The van der Waals surface area contributed by atoms with E-state index in [4.69, 9.17) is 0 Å². The van der Waals surface area contributed by atoms with E-state index < -0.39 is 10.0 Å². The molecule has 23 heavy (non-hydrogen) atoms. The molecule has 1 aliphatic carbocycles. The minimum Gasteiger partial charge on any atom is -0.273 e. The third kappa shape index (κ3) is 3.61. The summed E-state index contributed by atoms with van der Waals surface area (Å²) in [4.78, 5) is 11.9. The van der Waals surface area contributed by atoms with Crippen molar-refractivity contribution in [3.05, 3.63) is 29.8 Å². The van der Waals surface area contributed by atoms with E-state index in [1.54, 1.807) is 31.2 Å². The largest absolute Gasteiger partial charge is 0.273 e. The number of benzene rings is 1. The normalized spacial score (nSPS) is 19.8. The van der Waals surface area contributed by atoms with Gasteiger partial charge in [-0.05, 0) is 50.3 Å². The van der Waals surface area contributed by atoms with Crippen LogP contribution in [0.5, 0.6) is 0 Å². The number of sulfonamides is 1. The Kier molecular flexibility index (Phi) is 4.50. The van der Waals surface area contributed by atoms with Crippen molar-refractivity contribution >= 4 is 21.6 Å². The van der Waals surface area contributed by atoms with Crippen molar-refractivity contribution in [3.63, 3.8) is 0 Å². The van der Waals surface area contributed by atoms with Crippen LogP contribution in [0.25, 0.3) is 0 Å². The lowest BCUT2D eigenvalue weighted by atomic mass is 10.1. The number of nitrogens with zero attached hydrogens (tertiary/aromatic N) is 2. The summed E-state index contributed by atoms with van der Waals surface area (Å²) in [6, 6.07) is 6.66. The third-order valence-electron chi connectivity index (χ3n) is 4.26. The van der Waals surface area contributed by atoms with Crippen molar-refractivity contribution < 1.29 is 13.2 Å². The van der Waals surface area contributed by atoms with E-state index in [1.165, 1.54) is 4.31 Å². The van der Waals surface area contributed by atoms with Gasteiger partial charge in [0.25, 0.3) is 0 Å². The van der Waals surface area contributed by atoms with E-state index in [-0.39, 0.29) is 11.8 Å². The van der Waals surface area contributed by atoms with Crippen LogP contribution < -0.4 is 5.43 Å². The first-order valence-corrected chi connectivity index (χ1v) is 9.37. The molecule has 3 rings (SSSR count). The molecule has 0 radical (unpaired) electrons. The maximum atomic E-state index is 12.5. The number of amides is 1. The second kappa shape index (κ2) is 6.41. The number of nitrogens with one attached hydrogen (secondary N) is 1. The number of hydrogen-bond donors (Lipinski definition) is 1. The number of rotatable bonds is 5. The number of hydrazone groups is 1. The minimum atomic E-state index is -3.39. The molecule has 0 unspecified atom stereocenters. The summed E-state index contributed by atoms with van der Waals surface area (Å²) >= 11 is 0. The Bertz CT molecular complexity index is 715. The molecule has 1 heterocycles. The van der Waals surface area contributed by atoms with Crippen LogP contribution in [-0.4, -0.2) is 37.4 Å². The van der Waals surface area contributed by atoms with Crippen LogP contribution in [0, 0.1) is 5.92 Å². The fourth-order valence-corrected chi connectivity index (χ4v) is 4.10. The van der Waals surface area contributed by atoms with Gasteiger partial charge in [-0.2, -0.15) is 9.41 Å². The Labute approximate surface area is 136 Å². The highest BCUT2D eigenvalue weighted by Crippen LogP contribution is 2.28. The van der Waals surface area contributed by atoms with Gasteiger partial charge < -0.3 is 0 Å². The Hall–Kier alpha value is -1.73. The summed E-state index contributed by atoms with van der Waals surface area (Å²) in [7, 11) is -3.39. The lowest BCUT2D eigenvalue weighted by Crippen LogP contribution is -2.27. The molecule has 1 N–H and O–H groups in total. The first-order valence-electron chi connectivity index (χ1n) is 7.93. The summed E-state index contributed by atoms with van der Waals surface area (Å²) in [6.45, 7) is 2.98. The Balaban J connectivity index is 1.70. The second-order valence-corrected chi connectivity index (χ2v) is 8.02. The van der Waals surface area contributed by atoms with Crippen molar-refractivity contribution in [1.29, 1.82) is 0 Å². The molecule has 7 heteroatoms. The van der Waals surface area contributed by atoms with Crippen molar-refractivity contribution in [2.75, 3.05) is 13.1 Å². The summed E-state index contributed by atoms with van der Waals surface area (Å²) in [5.41, 5.74) is 4.00. The molecule has 1 amide bonds. The Morgan fingerprint density at radius 2 is 1.78 bits per heavy atom. The number of carbonyl (C=O) groups is 1. The molecule has 1 aromatic rings. The van der Waals surface area contributed by atoms with Gasteiger partial charge >= 0.3 is 0 Å². The van der Waals surface area contributed by atoms with E-state index in [0.717, 1.165) is 31.2 Å². The van der Waals surface area contributed by atoms with Gasteiger partial charge in [0, 0.05) is 19.0 Å². The summed E-state index contributed by atoms with van der Waals surface area (Å²) in [5.74, 6) is 0.0668. The lowest BCUT2D eigenvalue weighted by molar-refractivity contribution is -0.122. The molecule has 1 aromatic carbocycles. The molecule has 1 aliphatic heterocycles. The van der Waals surface area contributed by atoms with Crippen LogP contribution in [0.4, 0.5) is 0 Å². The molecule has 2 fully saturated rings. The maximum absolute atomic E-state index is 12.5. The van der Waals surface area contributed by atoms with Crippen LogP contribution in [0.1, 0.15) is 38.2 Å². The molecule has 0 bridgehead atoms. The zero-order chi connectivity index (χ0) is 16.4. The Morgan fingerprint density at radius 3 is 2.35 bits per heavy atom. The lowest BCUT2D eigenvalue weighted by Gasteiger charge is -2.15. The summed E-state index contributed by atoms with van der Waals surface area (Å²) < 4.78 is 26.4. The zero-order valence-corrected chi connectivity index (χ0v) is 14.0. The van der Waals surface area contributed by atoms with Gasteiger partial charge in [0.15, 0.2) is 0 Å². The highest BCUT2D eigenvalue weighted by atomic mass is 32.2. The number of hydrogen-bond acceptors (Lipinski definition) is 4. The smallest absolute Gasteiger partial charge is 0.243 e. The predicted molar refractivity (Wildman–Crippen MR) is 87.5 cm³/mol. The molecule has 0 atom stereocenters. The predicted octanol–water partition coefficient (Wildman–Crippen LogP) is 1.72. The SMILES string of the molecule is C/C(=N\NC(=O)C1CC1)c1ccc(S(=O)(=O)N2CCCC2)cc1. The summed E-state index contributed by atoms with van der Waals surface area (Å²) in [6.07, 6.45) is 3.71. The second-order valence-electron chi connectivity index (χ2n) is 6.08. The van der Waals surface area contributed by atoms with Crippen molar-refractivity contribution in [3.8, 4) is 0 Å². The van der Waals surface area contributed by atoms with Crippen LogP contribution in [-0.2, 0) is 14.8 Å². The highest BCUT2D eigenvalue weighted by molar-refractivity contribution is 7.89. The molecular formula is C16H21N3O3S. The van der Waals surface area contributed by atoms with Crippen molar-refractivity contribution in [1.82, 2.24) is 9.73 Å². The average molecular weight is 335 g/mol. The molecule has 0 aromatic heterocycles. The maximum Gasteiger partial charge on any atom is 0.243 e. The first-order chi connectivity index (χ1) is 11.0.